The number of hydrogen-bond acceptors (Lipinski definition) is 3. The van der Waals surface area contributed by atoms with Crippen molar-refractivity contribution in [3.05, 3.63) is 76.1 Å². The lowest BCUT2D eigenvalue weighted by molar-refractivity contribution is 0.0524. The molecule has 2 aromatic carbocycles. The molecule has 0 saturated carbocycles. The van der Waals surface area contributed by atoms with Crippen molar-refractivity contribution >= 4 is 16.9 Å². The van der Waals surface area contributed by atoms with E-state index in [0.29, 0.717) is 5.52 Å². The zero-order chi connectivity index (χ0) is 17.3. The zero-order valence-corrected chi connectivity index (χ0v) is 12.8. The maximum Gasteiger partial charge on any atom is 0.343 e. The van der Waals surface area contributed by atoms with Gasteiger partial charge in [0.15, 0.2) is 11.6 Å². The fraction of sp³-hybridized carbons (Fsp3) is 0.111. The van der Waals surface area contributed by atoms with Crippen molar-refractivity contribution in [2.45, 2.75) is 6.92 Å². The van der Waals surface area contributed by atoms with Gasteiger partial charge in [-0.2, -0.15) is 0 Å². The van der Waals surface area contributed by atoms with Gasteiger partial charge in [-0.05, 0) is 31.2 Å². The lowest BCUT2D eigenvalue weighted by Crippen LogP contribution is -2.20. The minimum Gasteiger partial charge on any atom is -0.462 e. The molecule has 0 unspecified atom stereocenters. The van der Waals surface area contributed by atoms with Gasteiger partial charge in [0.1, 0.15) is 5.56 Å². The second kappa shape index (κ2) is 6.23. The highest BCUT2D eigenvalue weighted by molar-refractivity contribution is 5.94. The standard InChI is InChI=1S/C18H13F2NO3/c1-2-24-18(23)13-10-21(11-7-8-14(19)15(20)9-11)16-6-4-3-5-12(16)17(13)22/h3-10H,2H2,1H3. The Hall–Kier alpha value is -3.02. The van der Waals surface area contributed by atoms with E-state index in [0.717, 1.165) is 12.1 Å². The minimum atomic E-state index is -1.02. The van der Waals surface area contributed by atoms with Gasteiger partial charge in [-0.25, -0.2) is 13.6 Å². The molecule has 0 atom stereocenters. The first kappa shape index (κ1) is 15.9. The maximum absolute atomic E-state index is 13.6. The van der Waals surface area contributed by atoms with E-state index in [1.54, 1.807) is 31.2 Å². The molecule has 3 aromatic rings. The SMILES string of the molecule is CCOC(=O)c1cn(-c2ccc(F)c(F)c2)c2ccccc2c1=O. The van der Waals surface area contributed by atoms with Crippen LogP contribution in [0.1, 0.15) is 17.3 Å². The van der Waals surface area contributed by atoms with Crippen LogP contribution >= 0.6 is 0 Å². The molecule has 0 aliphatic heterocycles. The summed E-state index contributed by atoms with van der Waals surface area (Å²) in [6.45, 7) is 1.75. The second-order valence-electron chi connectivity index (χ2n) is 5.08. The average molecular weight is 329 g/mol. The van der Waals surface area contributed by atoms with Gasteiger partial charge in [0.2, 0.25) is 5.43 Å². The molecule has 24 heavy (non-hydrogen) atoms. The number of esters is 1. The molecule has 4 nitrogen and oxygen atoms in total. The van der Waals surface area contributed by atoms with Gasteiger partial charge in [-0.15, -0.1) is 0 Å². The number of para-hydroxylation sites is 1. The van der Waals surface area contributed by atoms with Crippen molar-refractivity contribution in [2.24, 2.45) is 0 Å². The Balaban J connectivity index is 2.34. The fourth-order valence-corrected chi connectivity index (χ4v) is 2.48. The third-order valence-corrected chi connectivity index (χ3v) is 3.59. The number of rotatable bonds is 3. The van der Waals surface area contributed by atoms with Gasteiger partial charge in [0.25, 0.3) is 0 Å². The number of benzene rings is 2. The predicted molar refractivity (Wildman–Crippen MR) is 85.4 cm³/mol. The van der Waals surface area contributed by atoms with Crippen molar-refractivity contribution in [3.8, 4) is 5.69 Å². The summed E-state index contributed by atoms with van der Waals surface area (Å²) in [4.78, 5) is 24.5. The number of nitrogens with zero attached hydrogens (tertiary/aromatic N) is 1. The molecule has 122 valence electrons. The van der Waals surface area contributed by atoms with E-state index in [9.17, 15) is 18.4 Å². The molecular formula is C18H13F2NO3. The van der Waals surface area contributed by atoms with Crippen LogP contribution in [0.25, 0.3) is 16.6 Å². The van der Waals surface area contributed by atoms with Crippen LogP contribution in [0, 0.1) is 11.6 Å². The zero-order valence-electron chi connectivity index (χ0n) is 12.8. The highest BCUT2D eigenvalue weighted by Crippen LogP contribution is 2.20. The van der Waals surface area contributed by atoms with Crippen molar-refractivity contribution in [1.82, 2.24) is 4.57 Å². The normalized spacial score (nSPS) is 10.8. The number of carbonyl (C=O) groups is 1. The van der Waals surface area contributed by atoms with Crippen LogP contribution in [0.4, 0.5) is 8.78 Å². The molecule has 0 saturated heterocycles. The number of halogens is 2. The Morgan fingerprint density at radius 1 is 1.12 bits per heavy atom. The van der Waals surface area contributed by atoms with Gasteiger partial charge in [0.05, 0.1) is 12.1 Å². The molecule has 0 bridgehead atoms. The summed E-state index contributed by atoms with van der Waals surface area (Å²) in [6, 6.07) is 9.95. The summed E-state index contributed by atoms with van der Waals surface area (Å²) in [5.41, 5.74) is 0.125. The summed E-state index contributed by atoms with van der Waals surface area (Å²) in [6.07, 6.45) is 1.29. The summed E-state index contributed by atoms with van der Waals surface area (Å²) in [7, 11) is 0. The summed E-state index contributed by atoms with van der Waals surface area (Å²) >= 11 is 0. The number of ether oxygens (including phenoxy) is 1. The van der Waals surface area contributed by atoms with E-state index >= 15 is 0 Å². The Morgan fingerprint density at radius 2 is 1.88 bits per heavy atom. The predicted octanol–water partition coefficient (Wildman–Crippen LogP) is 3.45. The van der Waals surface area contributed by atoms with E-state index in [-0.39, 0.29) is 23.2 Å². The summed E-state index contributed by atoms with van der Waals surface area (Å²) in [5.74, 6) is -2.76. The van der Waals surface area contributed by atoms with Crippen molar-refractivity contribution in [1.29, 1.82) is 0 Å². The van der Waals surface area contributed by atoms with Crippen LogP contribution in [0.3, 0.4) is 0 Å². The van der Waals surface area contributed by atoms with E-state index in [1.165, 1.54) is 16.8 Å². The van der Waals surface area contributed by atoms with E-state index in [2.05, 4.69) is 0 Å². The van der Waals surface area contributed by atoms with Crippen molar-refractivity contribution < 1.29 is 18.3 Å². The number of aromatic nitrogens is 1. The van der Waals surface area contributed by atoms with Crippen LogP contribution < -0.4 is 5.43 Å². The van der Waals surface area contributed by atoms with Crippen molar-refractivity contribution in [2.75, 3.05) is 6.61 Å². The fourth-order valence-electron chi connectivity index (χ4n) is 2.48. The molecule has 0 fully saturated rings. The highest BCUT2D eigenvalue weighted by Gasteiger charge is 2.17. The Morgan fingerprint density at radius 3 is 2.58 bits per heavy atom. The van der Waals surface area contributed by atoms with Crippen LogP contribution in [-0.2, 0) is 4.74 Å². The largest absolute Gasteiger partial charge is 0.462 e. The number of pyridine rings is 1. The van der Waals surface area contributed by atoms with Gasteiger partial charge in [-0.1, -0.05) is 12.1 Å². The number of hydrogen-bond donors (Lipinski definition) is 0. The lowest BCUT2D eigenvalue weighted by Gasteiger charge is -2.13. The lowest BCUT2D eigenvalue weighted by atomic mass is 10.1. The van der Waals surface area contributed by atoms with Gasteiger partial charge in [-0.3, -0.25) is 4.79 Å². The number of carbonyl (C=O) groups excluding carboxylic acids is 1. The van der Waals surface area contributed by atoms with Gasteiger partial charge in [0, 0.05) is 23.3 Å². The molecule has 1 aromatic heterocycles. The minimum absolute atomic E-state index is 0.121. The molecular weight excluding hydrogens is 316 g/mol. The van der Waals surface area contributed by atoms with Crippen LogP contribution in [0.15, 0.2) is 53.5 Å². The second-order valence-corrected chi connectivity index (χ2v) is 5.08. The molecule has 6 heteroatoms. The first-order valence-electron chi connectivity index (χ1n) is 7.30. The third kappa shape index (κ3) is 2.67. The number of fused-ring (bicyclic) bond motifs is 1. The third-order valence-electron chi connectivity index (χ3n) is 3.59. The Labute approximate surface area is 135 Å². The topological polar surface area (TPSA) is 48.3 Å². The molecule has 0 amide bonds. The molecule has 0 spiro atoms. The molecule has 0 radical (unpaired) electrons. The molecule has 3 rings (SSSR count). The van der Waals surface area contributed by atoms with E-state index in [4.69, 9.17) is 4.74 Å². The van der Waals surface area contributed by atoms with E-state index < -0.39 is 23.0 Å². The quantitative estimate of drug-likeness (QED) is 0.692. The average Bonchev–Trinajstić information content (AvgIpc) is 2.58. The molecule has 1 heterocycles. The molecule has 0 N–H and O–H groups in total. The first-order valence-corrected chi connectivity index (χ1v) is 7.30. The monoisotopic (exact) mass is 329 g/mol. The highest BCUT2D eigenvalue weighted by atomic mass is 19.2. The molecule has 0 aliphatic rings. The van der Waals surface area contributed by atoms with E-state index in [1.807, 2.05) is 0 Å². The Kier molecular flexibility index (Phi) is 4.12. The van der Waals surface area contributed by atoms with Crippen LogP contribution in [0.2, 0.25) is 0 Å². The first-order chi connectivity index (χ1) is 11.5. The smallest absolute Gasteiger partial charge is 0.343 e. The van der Waals surface area contributed by atoms with Crippen LogP contribution in [-0.4, -0.2) is 17.1 Å². The van der Waals surface area contributed by atoms with Gasteiger partial charge >= 0.3 is 5.97 Å². The molecule has 0 aliphatic carbocycles. The maximum atomic E-state index is 13.6. The summed E-state index contributed by atoms with van der Waals surface area (Å²) < 4.78 is 33.1. The van der Waals surface area contributed by atoms with Gasteiger partial charge < -0.3 is 9.30 Å². The van der Waals surface area contributed by atoms with Crippen molar-refractivity contribution in [3.63, 3.8) is 0 Å². The Bertz CT molecular complexity index is 995. The summed E-state index contributed by atoms with van der Waals surface area (Å²) in [5, 5.41) is 0.285. The van der Waals surface area contributed by atoms with Crippen LogP contribution in [0.5, 0.6) is 0 Å².